The third-order valence-electron chi connectivity index (χ3n) is 12.2. The molecule has 388 valence electrons. The van der Waals surface area contributed by atoms with Crippen molar-refractivity contribution in [2.24, 2.45) is 0 Å². The summed E-state index contributed by atoms with van der Waals surface area (Å²) >= 11 is 0. The van der Waals surface area contributed by atoms with E-state index in [1.807, 2.05) is 0 Å². The average molecular weight is 949 g/mol. The fraction of sp³-hybridized carbons (Fsp3) is 0.818. The molecule has 1 aliphatic rings. The van der Waals surface area contributed by atoms with Crippen LogP contribution in [0.2, 0.25) is 0 Å². The second-order valence-corrected chi connectivity index (χ2v) is 18.5. The van der Waals surface area contributed by atoms with Crippen molar-refractivity contribution in [3.8, 4) is 0 Å². The number of rotatable bonds is 45. The molecule has 3 N–H and O–H groups in total. The molecule has 0 aromatic heterocycles. The highest BCUT2D eigenvalue weighted by Gasteiger charge is 2.50. The Bertz CT molecular complexity index is 1310. The van der Waals surface area contributed by atoms with Gasteiger partial charge in [0.25, 0.3) is 0 Å². The molecule has 1 saturated heterocycles. The van der Waals surface area contributed by atoms with E-state index in [0.29, 0.717) is 19.3 Å². The number of carboxylic acid groups (broad SMARTS) is 1. The second kappa shape index (κ2) is 44.2. The summed E-state index contributed by atoms with van der Waals surface area (Å²) in [4.78, 5) is 50.8. The Morgan fingerprint density at radius 1 is 0.478 bits per heavy atom. The van der Waals surface area contributed by atoms with Crippen molar-refractivity contribution in [2.75, 3.05) is 13.2 Å². The standard InChI is InChI=1S/C55H96O12/c1-4-7-10-13-16-19-22-23-24-25-28-29-32-35-38-41-47(56)63-44-46(65-48(57)42-39-36-33-30-26-20-17-14-11-8-5-2)45-64-55-53(51(60)50(59)52(67-55)54(61)62)66-49(58)43-40-37-34-31-27-21-18-15-12-9-6-3/h14-15,17-18,23-24,46,50-53,55,59-60H,4-13,16,19-22,25-45H2,1-3H3,(H,61,62)/b17-14-,18-15-,24-23-. The molecule has 0 aliphatic carbocycles. The van der Waals surface area contributed by atoms with Gasteiger partial charge in [-0.05, 0) is 83.5 Å². The molecular weight excluding hydrogens is 853 g/mol. The highest BCUT2D eigenvalue weighted by Crippen LogP contribution is 2.26. The maximum absolute atomic E-state index is 13.0. The van der Waals surface area contributed by atoms with E-state index >= 15 is 0 Å². The summed E-state index contributed by atoms with van der Waals surface area (Å²) in [5, 5.41) is 31.3. The van der Waals surface area contributed by atoms with Gasteiger partial charge >= 0.3 is 23.9 Å². The molecule has 6 unspecified atom stereocenters. The number of aliphatic hydroxyl groups excluding tert-OH is 2. The van der Waals surface area contributed by atoms with Gasteiger partial charge in [0.05, 0.1) is 6.61 Å². The lowest BCUT2D eigenvalue weighted by Gasteiger charge is -2.40. The molecule has 0 aromatic carbocycles. The molecule has 0 spiro atoms. The van der Waals surface area contributed by atoms with Crippen LogP contribution in [0.5, 0.6) is 0 Å². The lowest BCUT2D eigenvalue weighted by atomic mass is 9.98. The summed E-state index contributed by atoms with van der Waals surface area (Å²) < 4.78 is 28.3. The molecule has 1 rings (SSSR count). The fourth-order valence-electron chi connectivity index (χ4n) is 7.91. The minimum Gasteiger partial charge on any atom is -0.479 e. The predicted octanol–water partition coefficient (Wildman–Crippen LogP) is 12.9. The van der Waals surface area contributed by atoms with Gasteiger partial charge in [-0.1, -0.05) is 173 Å². The Hall–Kier alpha value is -3.06. The van der Waals surface area contributed by atoms with Crippen molar-refractivity contribution in [3.05, 3.63) is 36.5 Å². The first-order valence-electron chi connectivity index (χ1n) is 27.0. The van der Waals surface area contributed by atoms with Crippen molar-refractivity contribution in [3.63, 3.8) is 0 Å². The Kier molecular flexibility index (Phi) is 40.8. The van der Waals surface area contributed by atoms with Gasteiger partial charge in [0, 0.05) is 19.3 Å². The fourth-order valence-corrected chi connectivity index (χ4v) is 7.91. The number of carboxylic acids is 1. The summed E-state index contributed by atoms with van der Waals surface area (Å²) in [6.07, 6.45) is 37.1. The molecule has 12 nitrogen and oxygen atoms in total. The number of carbonyl (C=O) groups is 4. The molecule has 0 saturated carbocycles. The van der Waals surface area contributed by atoms with E-state index in [1.54, 1.807) is 0 Å². The smallest absolute Gasteiger partial charge is 0.335 e. The molecule has 0 aromatic rings. The minimum atomic E-state index is -1.90. The molecule has 0 amide bonds. The quantitative estimate of drug-likeness (QED) is 0.0228. The number of allylic oxidation sites excluding steroid dienone is 6. The van der Waals surface area contributed by atoms with E-state index in [1.165, 1.54) is 64.2 Å². The highest BCUT2D eigenvalue weighted by atomic mass is 16.7. The third-order valence-corrected chi connectivity index (χ3v) is 12.2. The summed E-state index contributed by atoms with van der Waals surface area (Å²) in [5.41, 5.74) is 0. The van der Waals surface area contributed by atoms with Gasteiger partial charge in [-0.25, -0.2) is 4.79 Å². The van der Waals surface area contributed by atoms with Crippen LogP contribution >= 0.6 is 0 Å². The summed E-state index contributed by atoms with van der Waals surface area (Å²) in [6.45, 7) is 5.87. The van der Waals surface area contributed by atoms with Crippen LogP contribution < -0.4 is 0 Å². The Labute approximate surface area is 406 Å². The van der Waals surface area contributed by atoms with Gasteiger partial charge < -0.3 is 39.0 Å². The zero-order valence-electron chi connectivity index (χ0n) is 42.4. The molecule has 12 heteroatoms. The molecule has 0 bridgehead atoms. The largest absolute Gasteiger partial charge is 0.479 e. The zero-order valence-corrected chi connectivity index (χ0v) is 42.4. The molecule has 1 heterocycles. The van der Waals surface area contributed by atoms with Crippen molar-refractivity contribution in [1.29, 1.82) is 0 Å². The van der Waals surface area contributed by atoms with Crippen molar-refractivity contribution in [2.45, 2.75) is 276 Å². The van der Waals surface area contributed by atoms with E-state index in [9.17, 15) is 34.5 Å². The van der Waals surface area contributed by atoms with E-state index < -0.39 is 67.3 Å². The summed E-state index contributed by atoms with van der Waals surface area (Å²) in [7, 11) is 0. The maximum atomic E-state index is 13.0. The number of unbranched alkanes of at least 4 members (excludes halogenated alkanes) is 25. The van der Waals surface area contributed by atoms with Crippen LogP contribution in [-0.2, 0) is 42.9 Å². The topological polar surface area (TPSA) is 175 Å². The zero-order chi connectivity index (χ0) is 49.0. The van der Waals surface area contributed by atoms with Gasteiger partial charge in [-0.3, -0.25) is 14.4 Å². The molecular formula is C55H96O12. The Morgan fingerprint density at radius 2 is 0.866 bits per heavy atom. The summed E-state index contributed by atoms with van der Waals surface area (Å²) in [5.74, 6) is -3.15. The van der Waals surface area contributed by atoms with E-state index in [0.717, 1.165) is 116 Å². The van der Waals surface area contributed by atoms with Gasteiger partial charge in [0.2, 0.25) is 0 Å². The first kappa shape index (κ1) is 62.0. The van der Waals surface area contributed by atoms with Gasteiger partial charge in [0.15, 0.2) is 24.6 Å². The van der Waals surface area contributed by atoms with Gasteiger partial charge in [-0.15, -0.1) is 0 Å². The van der Waals surface area contributed by atoms with E-state index in [-0.39, 0.29) is 25.9 Å². The van der Waals surface area contributed by atoms with Crippen molar-refractivity contribution >= 4 is 23.9 Å². The average Bonchev–Trinajstić information content (AvgIpc) is 3.31. The van der Waals surface area contributed by atoms with Gasteiger partial charge in [0.1, 0.15) is 18.8 Å². The van der Waals surface area contributed by atoms with Gasteiger partial charge in [-0.2, -0.15) is 0 Å². The van der Waals surface area contributed by atoms with E-state index in [4.69, 9.17) is 23.7 Å². The molecule has 1 fully saturated rings. The summed E-state index contributed by atoms with van der Waals surface area (Å²) in [6, 6.07) is 0. The van der Waals surface area contributed by atoms with Crippen LogP contribution in [0.15, 0.2) is 36.5 Å². The van der Waals surface area contributed by atoms with Crippen LogP contribution in [0, 0.1) is 0 Å². The second-order valence-electron chi connectivity index (χ2n) is 18.5. The number of aliphatic hydroxyl groups is 2. The van der Waals surface area contributed by atoms with Crippen LogP contribution in [0.25, 0.3) is 0 Å². The van der Waals surface area contributed by atoms with Crippen molar-refractivity contribution in [1.82, 2.24) is 0 Å². The third kappa shape index (κ3) is 34.8. The Balaban J connectivity index is 2.72. The number of esters is 3. The number of carbonyl (C=O) groups excluding carboxylic acids is 3. The molecule has 67 heavy (non-hydrogen) atoms. The SMILES string of the molecule is CCCC/C=C\CCCCCCCC(=O)OC(COC(=O)CCCCCCC/C=C\CCCCCCCC)COC1OC(C(=O)O)C(O)C(O)C1OC(=O)CCCCCCC/C=C\CCCC. The number of aliphatic carboxylic acids is 1. The van der Waals surface area contributed by atoms with Crippen molar-refractivity contribution < 1.29 is 58.2 Å². The Morgan fingerprint density at radius 3 is 1.31 bits per heavy atom. The van der Waals surface area contributed by atoms with Crippen LogP contribution in [0.1, 0.15) is 239 Å². The lowest BCUT2D eigenvalue weighted by Crippen LogP contribution is -2.61. The maximum Gasteiger partial charge on any atom is 0.335 e. The first-order chi connectivity index (χ1) is 32.6. The first-order valence-corrected chi connectivity index (χ1v) is 27.0. The van der Waals surface area contributed by atoms with Crippen LogP contribution in [0.3, 0.4) is 0 Å². The highest BCUT2D eigenvalue weighted by molar-refractivity contribution is 5.74. The molecule has 6 atom stereocenters. The normalized spacial score (nSPS) is 19.1. The number of hydrogen-bond acceptors (Lipinski definition) is 11. The monoisotopic (exact) mass is 949 g/mol. The van der Waals surface area contributed by atoms with E-state index in [2.05, 4.69) is 57.2 Å². The number of hydrogen-bond donors (Lipinski definition) is 3. The number of ether oxygens (including phenoxy) is 5. The molecule has 0 radical (unpaired) electrons. The lowest BCUT2D eigenvalue weighted by molar-refractivity contribution is -0.301. The minimum absolute atomic E-state index is 0.0499. The predicted molar refractivity (Wildman–Crippen MR) is 266 cm³/mol. The van der Waals surface area contributed by atoms with Crippen LogP contribution in [-0.4, -0.2) is 89.2 Å². The van der Waals surface area contributed by atoms with Crippen LogP contribution in [0.4, 0.5) is 0 Å². The molecule has 1 aliphatic heterocycles.